The molecule has 1 aromatic rings. The number of alkyl halides is 1. The lowest BCUT2D eigenvalue weighted by Gasteiger charge is -2.11. The highest BCUT2D eigenvalue weighted by molar-refractivity contribution is 6.32. The molecular formula is C9H11ClFNO2. The van der Waals surface area contributed by atoms with Crippen LogP contribution < -0.4 is 10.5 Å². The summed E-state index contributed by atoms with van der Waals surface area (Å²) < 4.78 is 17.1. The number of ether oxygens (including phenoxy) is 1. The molecule has 14 heavy (non-hydrogen) atoms. The molecule has 1 aromatic carbocycles. The molecule has 0 fully saturated rings. The summed E-state index contributed by atoms with van der Waals surface area (Å²) in [5.74, 6) is 0.0281. The number of phenols is 1. The van der Waals surface area contributed by atoms with E-state index in [0.29, 0.717) is 5.56 Å². The van der Waals surface area contributed by atoms with Crippen molar-refractivity contribution in [3.05, 3.63) is 22.7 Å². The topological polar surface area (TPSA) is 55.5 Å². The maximum atomic E-state index is 12.3. The number of nitrogens with two attached hydrogens (primary N) is 1. The third-order valence-electron chi connectivity index (χ3n) is 1.87. The molecule has 0 bridgehead atoms. The van der Waals surface area contributed by atoms with Crippen LogP contribution in [0, 0.1) is 0 Å². The van der Waals surface area contributed by atoms with Crippen molar-refractivity contribution >= 4 is 11.6 Å². The first-order chi connectivity index (χ1) is 6.60. The van der Waals surface area contributed by atoms with Gasteiger partial charge in [0, 0.05) is 0 Å². The fourth-order valence-electron chi connectivity index (χ4n) is 1.05. The number of aromatic hydroxyl groups is 1. The summed E-state index contributed by atoms with van der Waals surface area (Å²) in [6.07, 6.45) is 0. The highest BCUT2D eigenvalue weighted by Crippen LogP contribution is 2.36. The van der Waals surface area contributed by atoms with Crippen LogP contribution in [0.1, 0.15) is 11.6 Å². The summed E-state index contributed by atoms with van der Waals surface area (Å²) in [7, 11) is 1.39. The van der Waals surface area contributed by atoms with E-state index in [1.165, 1.54) is 19.2 Å². The van der Waals surface area contributed by atoms with E-state index in [1.54, 1.807) is 0 Å². The van der Waals surface area contributed by atoms with Crippen molar-refractivity contribution in [3.8, 4) is 11.5 Å². The van der Waals surface area contributed by atoms with Crippen LogP contribution in [0.3, 0.4) is 0 Å². The smallest absolute Gasteiger partial charge is 0.176 e. The van der Waals surface area contributed by atoms with E-state index in [2.05, 4.69) is 0 Å². The zero-order valence-electron chi connectivity index (χ0n) is 7.63. The predicted octanol–water partition coefficient (Wildman–Crippen LogP) is 2.02. The Morgan fingerprint density at radius 3 is 2.79 bits per heavy atom. The fourth-order valence-corrected chi connectivity index (χ4v) is 1.27. The summed E-state index contributed by atoms with van der Waals surface area (Å²) in [6.45, 7) is -0.690. The van der Waals surface area contributed by atoms with E-state index in [-0.39, 0.29) is 16.5 Å². The highest BCUT2D eigenvalue weighted by atomic mass is 35.5. The van der Waals surface area contributed by atoms with Crippen LogP contribution >= 0.6 is 11.6 Å². The van der Waals surface area contributed by atoms with Gasteiger partial charge in [-0.25, -0.2) is 4.39 Å². The number of benzene rings is 1. The van der Waals surface area contributed by atoms with Gasteiger partial charge < -0.3 is 15.6 Å². The monoisotopic (exact) mass is 219 g/mol. The Balaban J connectivity index is 3.16. The second kappa shape index (κ2) is 4.48. The molecule has 78 valence electrons. The van der Waals surface area contributed by atoms with Crippen LogP contribution in [-0.4, -0.2) is 18.9 Å². The maximum Gasteiger partial charge on any atom is 0.176 e. The van der Waals surface area contributed by atoms with E-state index < -0.39 is 12.7 Å². The molecule has 1 unspecified atom stereocenters. The third-order valence-corrected chi connectivity index (χ3v) is 2.15. The molecule has 0 radical (unpaired) electrons. The van der Waals surface area contributed by atoms with Crippen molar-refractivity contribution in [2.75, 3.05) is 13.8 Å². The molecule has 0 spiro atoms. The zero-order valence-corrected chi connectivity index (χ0v) is 8.38. The molecule has 1 rings (SSSR count). The van der Waals surface area contributed by atoms with E-state index in [4.69, 9.17) is 22.1 Å². The van der Waals surface area contributed by atoms with Crippen LogP contribution in [0.15, 0.2) is 12.1 Å². The first kappa shape index (κ1) is 11.1. The molecule has 0 saturated heterocycles. The van der Waals surface area contributed by atoms with Crippen molar-refractivity contribution in [3.63, 3.8) is 0 Å². The summed E-state index contributed by atoms with van der Waals surface area (Å²) in [5.41, 5.74) is 5.96. The Labute approximate surface area is 86.2 Å². The lowest BCUT2D eigenvalue weighted by Crippen LogP contribution is -2.12. The van der Waals surface area contributed by atoms with Gasteiger partial charge in [0.2, 0.25) is 0 Å². The lowest BCUT2D eigenvalue weighted by atomic mass is 10.1. The minimum Gasteiger partial charge on any atom is -0.503 e. The van der Waals surface area contributed by atoms with Gasteiger partial charge in [-0.05, 0) is 17.7 Å². The van der Waals surface area contributed by atoms with E-state index in [9.17, 15) is 9.50 Å². The summed E-state index contributed by atoms with van der Waals surface area (Å²) in [4.78, 5) is 0. The standard InChI is InChI=1S/C9H11ClFNO2/c1-14-8-3-5(7(12)4-11)2-6(10)9(8)13/h2-3,7,13H,4,12H2,1H3. The van der Waals surface area contributed by atoms with Gasteiger partial charge in [0.1, 0.15) is 6.67 Å². The van der Waals surface area contributed by atoms with Crippen molar-refractivity contribution in [2.45, 2.75) is 6.04 Å². The van der Waals surface area contributed by atoms with Crippen LogP contribution in [0.5, 0.6) is 11.5 Å². The third kappa shape index (κ3) is 2.08. The number of rotatable bonds is 3. The number of hydrogen-bond acceptors (Lipinski definition) is 3. The molecule has 3 nitrogen and oxygen atoms in total. The van der Waals surface area contributed by atoms with E-state index >= 15 is 0 Å². The molecule has 3 N–H and O–H groups in total. The van der Waals surface area contributed by atoms with Gasteiger partial charge >= 0.3 is 0 Å². The zero-order chi connectivity index (χ0) is 10.7. The molecular weight excluding hydrogens is 209 g/mol. The molecule has 0 aliphatic carbocycles. The Morgan fingerprint density at radius 1 is 1.64 bits per heavy atom. The van der Waals surface area contributed by atoms with Gasteiger partial charge in [-0.2, -0.15) is 0 Å². The fraction of sp³-hybridized carbons (Fsp3) is 0.333. The molecule has 0 heterocycles. The Kier molecular flexibility index (Phi) is 3.55. The molecule has 0 saturated carbocycles. The van der Waals surface area contributed by atoms with Crippen LogP contribution in [0.25, 0.3) is 0 Å². The van der Waals surface area contributed by atoms with Crippen LogP contribution in [-0.2, 0) is 0 Å². The minimum absolute atomic E-state index is 0.100. The maximum absolute atomic E-state index is 12.3. The normalized spacial score (nSPS) is 12.6. The summed E-state index contributed by atoms with van der Waals surface area (Å²) >= 11 is 5.69. The predicted molar refractivity (Wildman–Crippen MR) is 52.6 cm³/mol. The first-order valence-electron chi connectivity index (χ1n) is 3.98. The Hall–Kier alpha value is -1.00. The quantitative estimate of drug-likeness (QED) is 0.818. The largest absolute Gasteiger partial charge is 0.503 e. The summed E-state index contributed by atoms with van der Waals surface area (Å²) in [5, 5.41) is 9.49. The average Bonchev–Trinajstić information content (AvgIpc) is 2.20. The number of methoxy groups -OCH3 is 1. The van der Waals surface area contributed by atoms with Crippen molar-refractivity contribution in [1.29, 1.82) is 0 Å². The molecule has 0 aliphatic rings. The van der Waals surface area contributed by atoms with E-state index in [1.807, 2.05) is 0 Å². The number of halogens is 2. The van der Waals surface area contributed by atoms with Crippen molar-refractivity contribution in [1.82, 2.24) is 0 Å². The minimum atomic E-state index is -0.748. The first-order valence-corrected chi connectivity index (χ1v) is 4.36. The number of phenolic OH excluding ortho intramolecular Hbond substituents is 1. The van der Waals surface area contributed by atoms with Crippen molar-refractivity contribution < 1.29 is 14.2 Å². The van der Waals surface area contributed by atoms with Crippen molar-refractivity contribution in [2.24, 2.45) is 5.73 Å². The van der Waals surface area contributed by atoms with Gasteiger partial charge in [0.25, 0.3) is 0 Å². The molecule has 0 amide bonds. The molecule has 5 heteroatoms. The average molecular weight is 220 g/mol. The van der Waals surface area contributed by atoms with Crippen LogP contribution in [0.4, 0.5) is 4.39 Å². The Bertz CT molecular complexity index is 333. The molecule has 1 atom stereocenters. The van der Waals surface area contributed by atoms with Crippen LogP contribution in [0.2, 0.25) is 5.02 Å². The van der Waals surface area contributed by atoms with Gasteiger partial charge in [-0.3, -0.25) is 0 Å². The SMILES string of the molecule is COc1cc(C(N)CF)cc(Cl)c1O. The van der Waals surface area contributed by atoms with E-state index in [0.717, 1.165) is 0 Å². The van der Waals surface area contributed by atoms with Gasteiger partial charge in [0.05, 0.1) is 18.2 Å². The summed E-state index contributed by atoms with van der Waals surface area (Å²) in [6, 6.07) is 2.14. The van der Waals surface area contributed by atoms with Gasteiger partial charge in [-0.1, -0.05) is 11.6 Å². The highest BCUT2D eigenvalue weighted by Gasteiger charge is 2.13. The lowest BCUT2D eigenvalue weighted by molar-refractivity contribution is 0.371. The molecule has 0 aliphatic heterocycles. The van der Waals surface area contributed by atoms with Gasteiger partial charge in [-0.15, -0.1) is 0 Å². The number of hydrogen-bond donors (Lipinski definition) is 2. The second-order valence-corrected chi connectivity index (χ2v) is 3.22. The Morgan fingerprint density at radius 2 is 2.29 bits per heavy atom. The second-order valence-electron chi connectivity index (χ2n) is 2.81. The van der Waals surface area contributed by atoms with Gasteiger partial charge in [0.15, 0.2) is 11.5 Å². The molecule has 0 aromatic heterocycles.